The highest BCUT2D eigenvalue weighted by atomic mass is 19.1. The van der Waals surface area contributed by atoms with Crippen LogP contribution in [0.4, 0.5) is 10.1 Å². The molecular formula is C17H25FN2. The smallest absolute Gasteiger partial charge is 0.125 e. The van der Waals surface area contributed by atoms with Crippen LogP contribution in [-0.2, 0) is 0 Å². The molecule has 0 saturated carbocycles. The Labute approximate surface area is 121 Å². The molecule has 1 aromatic rings. The molecule has 0 amide bonds. The summed E-state index contributed by atoms with van der Waals surface area (Å²) in [5.74, 6) is -0.106. The summed E-state index contributed by atoms with van der Waals surface area (Å²) in [7, 11) is 0. The second-order valence-electron chi connectivity index (χ2n) is 6.40. The van der Waals surface area contributed by atoms with Gasteiger partial charge in [-0.05, 0) is 69.3 Å². The minimum atomic E-state index is -0.106. The molecule has 1 N–H and O–H groups in total. The summed E-state index contributed by atoms with van der Waals surface area (Å²) >= 11 is 0. The van der Waals surface area contributed by atoms with Crippen LogP contribution < -0.4 is 10.2 Å². The van der Waals surface area contributed by atoms with Gasteiger partial charge in [0, 0.05) is 23.8 Å². The van der Waals surface area contributed by atoms with Crippen molar-refractivity contribution in [3.8, 4) is 0 Å². The molecular weight excluding hydrogens is 251 g/mol. The van der Waals surface area contributed by atoms with Crippen LogP contribution in [0.3, 0.4) is 0 Å². The Balaban J connectivity index is 1.76. The molecule has 2 bridgehead atoms. The molecule has 0 aliphatic carbocycles. The van der Waals surface area contributed by atoms with Gasteiger partial charge in [-0.2, -0.15) is 0 Å². The molecule has 3 rings (SSSR count). The molecule has 2 fully saturated rings. The predicted molar refractivity (Wildman–Crippen MR) is 81.7 cm³/mol. The van der Waals surface area contributed by atoms with E-state index in [0.29, 0.717) is 18.1 Å². The van der Waals surface area contributed by atoms with Crippen molar-refractivity contribution < 1.29 is 4.39 Å². The Morgan fingerprint density at radius 1 is 1.20 bits per heavy atom. The molecule has 2 saturated heterocycles. The Bertz CT molecular complexity index is 440. The second kappa shape index (κ2) is 5.72. The van der Waals surface area contributed by atoms with Gasteiger partial charge in [0.2, 0.25) is 0 Å². The van der Waals surface area contributed by atoms with Gasteiger partial charge >= 0.3 is 0 Å². The molecule has 2 aliphatic heterocycles. The molecule has 2 aliphatic rings. The van der Waals surface area contributed by atoms with E-state index in [4.69, 9.17) is 0 Å². The first-order chi connectivity index (χ1) is 9.67. The largest absolute Gasteiger partial charge is 0.365 e. The van der Waals surface area contributed by atoms with Gasteiger partial charge in [-0.15, -0.1) is 0 Å². The van der Waals surface area contributed by atoms with Crippen LogP contribution in [0.2, 0.25) is 0 Å². The van der Waals surface area contributed by atoms with Crippen LogP contribution in [0.5, 0.6) is 0 Å². The second-order valence-corrected chi connectivity index (χ2v) is 6.40. The van der Waals surface area contributed by atoms with Crippen LogP contribution in [0.25, 0.3) is 0 Å². The molecule has 1 aromatic carbocycles. The molecule has 110 valence electrons. The molecule has 2 atom stereocenters. The van der Waals surface area contributed by atoms with Crippen molar-refractivity contribution in [3.05, 3.63) is 29.6 Å². The molecule has 0 spiro atoms. The first-order valence-corrected chi connectivity index (χ1v) is 7.96. The van der Waals surface area contributed by atoms with Gasteiger partial charge in [-0.25, -0.2) is 4.39 Å². The fraction of sp³-hybridized carbons (Fsp3) is 0.647. The van der Waals surface area contributed by atoms with Crippen molar-refractivity contribution in [2.75, 3.05) is 11.4 Å². The highest BCUT2D eigenvalue weighted by Gasteiger charge is 2.40. The number of fused-ring (bicyclic) bond motifs is 2. The van der Waals surface area contributed by atoms with E-state index < -0.39 is 0 Å². The third-order valence-corrected chi connectivity index (χ3v) is 4.74. The number of halogens is 1. The van der Waals surface area contributed by atoms with Crippen molar-refractivity contribution >= 4 is 5.69 Å². The molecule has 2 nitrogen and oxygen atoms in total. The van der Waals surface area contributed by atoms with E-state index in [1.165, 1.54) is 32.1 Å². The van der Waals surface area contributed by atoms with E-state index in [1.807, 2.05) is 6.92 Å². The van der Waals surface area contributed by atoms with E-state index in [1.54, 1.807) is 12.1 Å². The number of nitrogens with zero attached hydrogens (tertiary/aromatic N) is 1. The van der Waals surface area contributed by atoms with Gasteiger partial charge in [-0.3, -0.25) is 0 Å². The quantitative estimate of drug-likeness (QED) is 0.903. The molecule has 0 aromatic heterocycles. The average molecular weight is 276 g/mol. The van der Waals surface area contributed by atoms with Crippen molar-refractivity contribution in [3.63, 3.8) is 0 Å². The van der Waals surface area contributed by atoms with E-state index in [9.17, 15) is 4.39 Å². The van der Waals surface area contributed by atoms with Crippen molar-refractivity contribution in [2.24, 2.45) is 0 Å². The average Bonchev–Trinajstić information content (AvgIpc) is 2.67. The molecule has 2 unspecified atom stereocenters. The normalized spacial score (nSPS) is 28.9. The summed E-state index contributed by atoms with van der Waals surface area (Å²) in [4.78, 5) is 2.49. The van der Waals surface area contributed by atoms with Gasteiger partial charge < -0.3 is 10.2 Å². The monoisotopic (exact) mass is 276 g/mol. The Hall–Kier alpha value is -1.09. The third kappa shape index (κ3) is 2.69. The number of hydrogen-bond donors (Lipinski definition) is 1. The zero-order valence-corrected chi connectivity index (χ0v) is 12.5. The number of aryl methyl sites for hydroxylation is 1. The Kier molecular flexibility index (Phi) is 3.97. The molecule has 3 heteroatoms. The number of nitrogens with one attached hydrogen (secondary N) is 1. The molecule has 0 radical (unpaired) electrons. The topological polar surface area (TPSA) is 15.3 Å². The van der Waals surface area contributed by atoms with Gasteiger partial charge in [0.05, 0.1) is 0 Å². The predicted octanol–water partition coefficient (Wildman–Crippen LogP) is 3.63. The maximum Gasteiger partial charge on any atom is 0.125 e. The fourth-order valence-electron chi connectivity index (χ4n) is 3.98. The first kappa shape index (κ1) is 13.9. The van der Waals surface area contributed by atoms with Crippen molar-refractivity contribution in [1.29, 1.82) is 0 Å². The lowest BCUT2D eigenvalue weighted by Crippen LogP contribution is -2.49. The third-order valence-electron chi connectivity index (χ3n) is 4.74. The van der Waals surface area contributed by atoms with E-state index >= 15 is 0 Å². The van der Waals surface area contributed by atoms with Gasteiger partial charge in [0.15, 0.2) is 0 Å². The maximum absolute atomic E-state index is 13.7. The summed E-state index contributed by atoms with van der Waals surface area (Å²) in [6.07, 6.45) is 6.10. The van der Waals surface area contributed by atoms with E-state index in [0.717, 1.165) is 17.8 Å². The zero-order valence-electron chi connectivity index (χ0n) is 12.5. The summed E-state index contributed by atoms with van der Waals surface area (Å²) in [5.41, 5.74) is 2.11. The van der Waals surface area contributed by atoms with Crippen LogP contribution in [0.1, 0.15) is 44.6 Å². The summed E-state index contributed by atoms with van der Waals surface area (Å²) in [6.45, 7) is 5.31. The van der Waals surface area contributed by atoms with Crippen LogP contribution >= 0.6 is 0 Å². The summed E-state index contributed by atoms with van der Waals surface area (Å²) in [6, 6.07) is 7.28. The minimum Gasteiger partial charge on any atom is -0.365 e. The number of rotatable bonds is 4. The minimum absolute atomic E-state index is 0.106. The Morgan fingerprint density at radius 3 is 2.50 bits per heavy atom. The standard InChI is InChI=1S/C17H25FN2/c1-3-6-19-14-10-15-4-5-16(11-14)20(15)17-8-12(2)7-13(18)9-17/h7-9,14-16,19H,3-6,10-11H2,1-2H3. The number of hydrogen-bond acceptors (Lipinski definition) is 2. The maximum atomic E-state index is 13.7. The van der Waals surface area contributed by atoms with Crippen molar-refractivity contribution in [2.45, 2.75) is 64.1 Å². The number of benzene rings is 1. The fourth-order valence-corrected chi connectivity index (χ4v) is 3.98. The van der Waals surface area contributed by atoms with E-state index in [2.05, 4.69) is 23.2 Å². The number of anilines is 1. The molecule has 2 heterocycles. The summed E-state index contributed by atoms with van der Waals surface area (Å²) < 4.78 is 13.7. The van der Waals surface area contributed by atoms with Gasteiger partial charge in [0.1, 0.15) is 5.82 Å². The van der Waals surface area contributed by atoms with Gasteiger partial charge in [0.25, 0.3) is 0 Å². The Morgan fingerprint density at radius 2 is 1.90 bits per heavy atom. The van der Waals surface area contributed by atoms with Crippen molar-refractivity contribution in [1.82, 2.24) is 5.32 Å². The SMILES string of the molecule is CCCNC1CC2CCC(C1)N2c1cc(C)cc(F)c1. The lowest BCUT2D eigenvalue weighted by molar-refractivity contribution is 0.356. The zero-order chi connectivity index (χ0) is 14.1. The molecule has 20 heavy (non-hydrogen) atoms. The summed E-state index contributed by atoms with van der Waals surface area (Å²) in [5, 5.41) is 3.67. The first-order valence-electron chi connectivity index (χ1n) is 7.96. The van der Waals surface area contributed by atoms with E-state index in [-0.39, 0.29) is 5.82 Å². The van der Waals surface area contributed by atoms with Gasteiger partial charge in [-0.1, -0.05) is 6.92 Å². The lowest BCUT2D eigenvalue weighted by Gasteiger charge is -2.41. The lowest BCUT2D eigenvalue weighted by atomic mass is 9.96. The van der Waals surface area contributed by atoms with Crippen LogP contribution in [-0.4, -0.2) is 24.7 Å². The highest BCUT2D eigenvalue weighted by Crippen LogP contribution is 2.39. The van der Waals surface area contributed by atoms with Crippen LogP contribution in [0, 0.1) is 12.7 Å². The number of piperidine rings is 1. The van der Waals surface area contributed by atoms with Crippen LogP contribution in [0.15, 0.2) is 18.2 Å². The highest BCUT2D eigenvalue weighted by molar-refractivity contribution is 5.52.